The molecule has 0 atom stereocenters. The molecule has 6 heteroatoms. The molecular weight excluding hydrogens is 268 g/mol. The number of hydrogen-bond donors (Lipinski definition) is 1. The molecule has 0 fully saturated rings. The minimum atomic E-state index is -0.219. The molecule has 0 unspecified atom stereocenters. The van der Waals surface area contributed by atoms with E-state index in [4.69, 9.17) is 4.74 Å². The molecule has 0 saturated carbocycles. The van der Waals surface area contributed by atoms with Gasteiger partial charge in [0.1, 0.15) is 11.6 Å². The Morgan fingerprint density at radius 1 is 1.29 bits per heavy atom. The van der Waals surface area contributed by atoms with Crippen molar-refractivity contribution >= 4 is 22.6 Å². The number of carbonyl (C=O) groups is 1. The van der Waals surface area contributed by atoms with E-state index in [0.29, 0.717) is 11.4 Å². The summed E-state index contributed by atoms with van der Waals surface area (Å²) in [5.41, 5.74) is 1.28. The van der Waals surface area contributed by atoms with Crippen LogP contribution in [-0.4, -0.2) is 27.8 Å². The Hall–Kier alpha value is -2.89. The van der Waals surface area contributed by atoms with Crippen molar-refractivity contribution in [3.8, 4) is 5.75 Å². The lowest BCUT2D eigenvalue weighted by Gasteiger charge is -2.06. The highest BCUT2D eigenvalue weighted by Gasteiger charge is 2.10. The first kappa shape index (κ1) is 13.1. The van der Waals surface area contributed by atoms with Crippen LogP contribution in [0.1, 0.15) is 10.4 Å². The van der Waals surface area contributed by atoms with Crippen LogP contribution in [0.15, 0.2) is 42.7 Å². The van der Waals surface area contributed by atoms with Crippen molar-refractivity contribution in [2.45, 2.75) is 0 Å². The Kier molecular flexibility index (Phi) is 3.27. The fraction of sp³-hybridized carbons (Fsp3) is 0.133. The molecule has 0 spiro atoms. The SMILES string of the molecule is COc1ccc2cc(C(=O)Nc3ccnn3C)cnc2c1. The van der Waals surface area contributed by atoms with Gasteiger partial charge in [-0.15, -0.1) is 0 Å². The van der Waals surface area contributed by atoms with Crippen molar-refractivity contribution in [2.75, 3.05) is 12.4 Å². The highest BCUT2D eigenvalue weighted by Crippen LogP contribution is 2.20. The average molecular weight is 282 g/mol. The lowest BCUT2D eigenvalue weighted by Crippen LogP contribution is -2.14. The number of aryl methyl sites for hydroxylation is 1. The van der Waals surface area contributed by atoms with E-state index < -0.39 is 0 Å². The van der Waals surface area contributed by atoms with Gasteiger partial charge in [0.05, 0.1) is 24.4 Å². The number of nitrogens with one attached hydrogen (secondary N) is 1. The molecule has 0 radical (unpaired) electrons. The summed E-state index contributed by atoms with van der Waals surface area (Å²) >= 11 is 0. The third kappa shape index (κ3) is 2.55. The van der Waals surface area contributed by atoms with Crippen LogP contribution in [0.4, 0.5) is 5.82 Å². The average Bonchev–Trinajstić information content (AvgIpc) is 2.91. The van der Waals surface area contributed by atoms with Crippen molar-refractivity contribution in [1.82, 2.24) is 14.8 Å². The van der Waals surface area contributed by atoms with E-state index in [0.717, 1.165) is 16.7 Å². The van der Waals surface area contributed by atoms with Gasteiger partial charge < -0.3 is 10.1 Å². The molecule has 1 N–H and O–H groups in total. The standard InChI is InChI=1S/C15H14N4O2/c1-19-14(5-6-17-19)18-15(20)11-7-10-3-4-12(21-2)8-13(10)16-9-11/h3-9H,1-2H3,(H,18,20). The Bertz CT molecular complexity index is 810. The lowest BCUT2D eigenvalue weighted by molar-refractivity contribution is 0.102. The van der Waals surface area contributed by atoms with Gasteiger partial charge in [0.25, 0.3) is 5.91 Å². The van der Waals surface area contributed by atoms with E-state index in [1.807, 2.05) is 18.2 Å². The smallest absolute Gasteiger partial charge is 0.258 e. The maximum Gasteiger partial charge on any atom is 0.258 e. The van der Waals surface area contributed by atoms with Crippen molar-refractivity contribution in [1.29, 1.82) is 0 Å². The second kappa shape index (κ2) is 5.24. The van der Waals surface area contributed by atoms with Gasteiger partial charge in [-0.25, -0.2) is 0 Å². The summed E-state index contributed by atoms with van der Waals surface area (Å²) in [6, 6.07) is 9.08. The van der Waals surface area contributed by atoms with Gasteiger partial charge >= 0.3 is 0 Å². The summed E-state index contributed by atoms with van der Waals surface area (Å²) < 4.78 is 6.75. The molecular formula is C15H14N4O2. The van der Waals surface area contributed by atoms with E-state index in [2.05, 4.69) is 15.4 Å². The molecule has 2 heterocycles. The Balaban J connectivity index is 1.90. The van der Waals surface area contributed by atoms with E-state index in [1.54, 1.807) is 43.4 Å². The first-order chi connectivity index (χ1) is 10.2. The predicted octanol–water partition coefficient (Wildman–Crippen LogP) is 2.23. The number of methoxy groups -OCH3 is 1. The molecule has 0 aliphatic heterocycles. The second-order valence-corrected chi connectivity index (χ2v) is 4.58. The monoisotopic (exact) mass is 282 g/mol. The molecule has 106 valence electrons. The minimum Gasteiger partial charge on any atom is -0.497 e. The molecule has 0 bridgehead atoms. The number of anilines is 1. The summed E-state index contributed by atoms with van der Waals surface area (Å²) in [5, 5.41) is 7.68. The molecule has 0 aliphatic rings. The Labute approximate surface area is 121 Å². The first-order valence-electron chi connectivity index (χ1n) is 6.40. The van der Waals surface area contributed by atoms with Crippen LogP contribution in [0.3, 0.4) is 0 Å². The van der Waals surface area contributed by atoms with Gasteiger partial charge in [-0.1, -0.05) is 0 Å². The summed E-state index contributed by atoms with van der Waals surface area (Å²) in [5.74, 6) is 1.15. The highest BCUT2D eigenvalue weighted by molar-refractivity contribution is 6.05. The molecule has 3 rings (SSSR count). The summed E-state index contributed by atoms with van der Waals surface area (Å²) in [6.07, 6.45) is 3.17. The molecule has 0 saturated heterocycles. The lowest BCUT2D eigenvalue weighted by atomic mass is 10.1. The maximum atomic E-state index is 12.2. The van der Waals surface area contributed by atoms with Crippen molar-refractivity contribution in [2.24, 2.45) is 7.05 Å². The van der Waals surface area contributed by atoms with Gasteiger partial charge in [0.15, 0.2) is 0 Å². The molecule has 1 amide bonds. The third-order valence-electron chi connectivity index (χ3n) is 3.22. The Morgan fingerprint density at radius 2 is 2.14 bits per heavy atom. The number of nitrogens with zero attached hydrogens (tertiary/aromatic N) is 3. The third-order valence-corrected chi connectivity index (χ3v) is 3.22. The van der Waals surface area contributed by atoms with Gasteiger partial charge in [0.2, 0.25) is 0 Å². The topological polar surface area (TPSA) is 69.0 Å². The van der Waals surface area contributed by atoms with E-state index in [-0.39, 0.29) is 5.91 Å². The number of amides is 1. The number of carbonyl (C=O) groups excluding carboxylic acids is 1. The fourth-order valence-corrected chi connectivity index (χ4v) is 2.04. The predicted molar refractivity (Wildman–Crippen MR) is 79.5 cm³/mol. The van der Waals surface area contributed by atoms with Gasteiger partial charge in [-0.3, -0.25) is 14.5 Å². The number of hydrogen-bond acceptors (Lipinski definition) is 4. The zero-order chi connectivity index (χ0) is 14.8. The highest BCUT2D eigenvalue weighted by atomic mass is 16.5. The molecule has 6 nitrogen and oxygen atoms in total. The van der Waals surface area contributed by atoms with E-state index in [9.17, 15) is 4.79 Å². The fourth-order valence-electron chi connectivity index (χ4n) is 2.04. The van der Waals surface area contributed by atoms with Gasteiger partial charge in [0, 0.05) is 30.8 Å². The van der Waals surface area contributed by atoms with Crippen molar-refractivity contribution < 1.29 is 9.53 Å². The van der Waals surface area contributed by atoms with Crippen LogP contribution in [0, 0.1) is 0 Å². The largest absolute Gasteiger partial charge is 0.497 e. The van der Waals surface area contributed by atoms with Crippen LogP contribution in [-0.2, 0) is 7.05 Å². The molecule has 21 heavy (non-hydrogen) atoms. The summed E-state index contributed by atoms with van der Waals surface area (Å²) in [6.45, 7) is 0. The van der Waals surface area contributed by atoms with Gasteiger partial charge in [-0.05, 0) is 18.2 Å². The molecule has 0 aliphatic carbocycles. The molecule has 3 aromatic rings. The molecule has 2 aromatic heterocycles. The number of pyridine rings is 1. The molecule has 1 aromatic carbocycles. The van der Waals surface area contributed by atoms with E-state index in [1.165, 1.54) is 0 Å². The number of ether oxygens (including phenoxy) is 1. The first-order valence-corrected chi connectivity index (χ1v) is 6.40. The normalized spacial score (nSPS) is 10.6. The van der Waals surface area contributed by atoms with Crippen LogP contribution >= 0.6 is 0 Å². The number of benzene rings is 1. The quantitative estimate of drug-likeness (QED) is 0.799. The van der Waals surface area contributed by atoms with Crippen molar-refractivity contribution in [3.05, 3.63) is 48.3 Å². The van der Waals surface area contributed by atoms with Gasteiger partial charge in [-0.2, -0.15) is 5.10 Å². The Morgan fingerprint density at radius 3 is 2.86 bits per heavy atom. The maximum absolute atomic E-state index is 12.2. The number of fused-ring (bicyclic) bond motifs is 1. The summed E-state index contributed by atoms with van der Waals surface area (Å²) in [4.78, 5) is 16.5. The number of rotatable bonds is 3. The zero-order valence-corrected chi connectivity index (χ0v) is 11.7. The second-order valence-electron chi connectivity index (χ2n) is 4.58. The van der Waals surface area contributed by atoms with Crippen LogP contribution in [0.5, 0.6) is 5.75 Å². The van der Waals surface area contributed by atoms with Crippen LogP contribution < -0.4 is 10.1 Å². The van der Waals surface area contributed by atoms with Crippen LogP contribution in [0.25, 0.3) is 10.9 Å². The summed E-state index contributed by atoms with van der Waals surface area (Å²) in [7, 11) is 3.37. The van der Waals surface area contributed by atoms with E-state index >= 15 is 0 Å². The zero-order valence-electron chi connectivity index (χ0n) is 11.7. The van der Waals surface area contributed by atoms with Crippen LogP contribution in [0.2, 0.25) is 0 Å². The minimum absolute atomic E-state index is 0.219. The number of aromatic nitrogens is 3. The van der Waals surface area contributed by atoms with Crippen molar-refractivity contribution in [3.63, 3.8) is 0 Å².